The minimum Gasteiger partial charge on any atom is -0.762 e. The minimum atomic E-state index is -0.571. The number of nitrogens with zero attached hydrogens (tertiary/aromatic N) is 2. The van der Waals surface area contributed by atoms with Crippen LogP contribution in [-0.2, 0) is 6.42 Å². The number of rotatable bonds is 4. The molecule has 0 unspecified atom stereocenters. The molecule has 0 fully saturated rings. The molecule has 2 aliphatic rings. The van der Waals surface area contributed by atoms with E-state index in [9.17, 15) is 10.4 Å². The monoisotopic (exact) mass is 309 g/mol. The van der Waals surface area contributed by atoms with Crippen LogP contribution in [-0.4, -0.2) is 48.9 Å². The summed E-state index contributed by atoms with van der Waals surface area (Å²) in [7, 11) is 3.53. The largest absolute Gasteiger partial charge is 0.762 e. The lowest BCUT2D eigenvalue weighted by Crippen LogP contribution is -2.44. The topological polar surface area (TPSA) is 77.5 Å². The molecular weight excluding hydrogens is 288 g/mol. The summed E-state index contributed by atoms with van der Waals surface area (Å²) in [6, 6.07) is 1.12. The van der Waals surface area contributed by atoms with Gasteiger partial charge in [-0.05, 0) is 31.5 Å². The van der Waals surface area contributed by atoms with Crippen molar-refractivity contribution >= 4 is 0 Å². The van der Waals surface area contributed by atoms with Gasteiger partial charge in [0, 0.05) is 18.2 Å². The molecule has 0 radical (unpaired) electrons. The van der Waals surface area contributed by atoms with E-state index in [4.69, 9.17) is 14.2 Å². The second kappa shape index (κ2) is 5.92. The number of methoxy groups -OCH3 is 1. The van der Waals surface area contributed by atoms with Gasteiger partial charge in [0.15, 0.2) is 11.5 Å². The maximum atomic E-state index is 11.6. The molecule has 0 amide bonds. The van der Waals surface area contributed by atoms with E-state index in [1.54, 1.807) is 7.11 Å². The van der Waals surface area contributed by atoms with Crippen molar-refractivity contribution in [1.82, 2.24) is 10.1 Å². The zero-order chi connectivity index (χ0) is 15.9. The highest BCUT2D eigenvalue weighted by molar-refractivity contribution is 5.62. The number of hydrogen-bond donors (Lipinski definition) is 1. The summed E-state index contributed by atoms with van der Waals surface area (Å²) < 4.78 is 16.6. The van der Waals surface area contributed by atoms with Gasteiger partial charge in [-0.1, -0.05) is 6.92 Å². The van der Waals surface area contributed by atoms with Gasteiger partial charge in [-0.15, -0.1) is 0 Å². The third-order valence-corrected chi connectivity index (χ3v) is 4.52. The van der Waals surface area contributed by atoms with Crippen LogP contribution in [0, 0.1) is 5.21 Å². The molecule has 0 spiro atoms. The zero-order valence-corrected chi connectivity index (χ0v) is 13.0. The van der Waals surface area contributed by atoms with E-state index in [1.807, 2.05) is 20.0 Å². The highest BCUT2D eigenvalue weighted by Gasteiger charge is 2.37. The molecule has 7 nitrogen and oxygen atoms in total. The van der Waals surface area contributed by atoms with Crippen LogP contribution in [0.25, 0.3) is 0 Å². The number of ether oxygens (including phenoxy) is 3. The SMILES string of the molecule is CC[C@H]([C@H]1c2c(cc3c(c2OC)OCO3)CCN1C)N([O-])O. The quantitative estimate of drug-likeness (QED) is 0.851. The Kier molecular flexibility index (Phi) is 4.14. The van der Waals surface area contributed by atoms with E-state index in [0.717, 1.165) is 24.1 Å². The van der Waals surface area contributed by atoms with Gasteiger partial charge >= 0.3 is 0 Å². The molecule has 7 heteroatoms. The third kappa shape index (κ3) is 2.30. The van der Waals surface area contributed by atoms with E-state index >= 15 is 0 Å². The Hall–Kier alpha value is -1.54. The van der Waals surface area contributed by atoms with Crippen molar-refractivity contribution in [1.29, 1.82) is 0 Å². The molecule has 1 N–H and O–H groups in total. The standard InChI is InChI=1S/C15H21N2O5/c1-4-10(17(18)19)13-12-9(5-6-16(13)2)7-11-14(15(12)20-3)22-8-21-11/h7,10,13,18H,4-6,8H2,1-3H3/q-1/t10-,13+/m1/s1. The average Bonchev–Trinajstić information content (AvgIpc) is 2.95. The predicted octanol–water partition coefficient (Wildman–Crippen LogP) is 1.92. The van der Waals surface area contributed by atoms with Crippen LogP contribution in [0.5, 0.6) is 17.2 Å². The van der Waals surface area contributed by atoms with E-state index in [0.29, 0.717) is 23.7 Å². The minimum absolute atomic E-state index is 0.0558. The summed E-state index contributed by atoms with van der Waals surface area (Å²) >= 11 is 0. The summed E-state index contributed by atoms with van der Waals surface area (Å²) in [6.07, 6.45) is 1.35. The molecular formula is C15H21N2O5-. The summed E-state index contributed by atoms with van der Waals surface area (Å²) in [6.45, 7) is 2.85. The maximum absolute atomic E-state index is 11.6. The maximum Gasteiger partial charge on any atom is 0.231 e. The molecule has 0 saturated heterocycles. The van der Waals surface area contributed by atoms with Gasteiger partial charge < -0.3 is 24.6 Å². The first kappa shape index (κ1) is 15.4. The molecule has 0 bridgehead atoms. The second-order valence-electron chi connectivity index (χ2n) is 5.67. The van der Waals surface area contributed by atoms with Crippen LogP contribution in [0.15, 0.2) is 6.07 Å². The molecule has 2 aliphatic heterocycles. The average molecular weight is 309 g/mol. The second-order valence-corrected chi connectivity index (χ2v) is 5.67. The highest BCUT2D eigenvalue weighted by atomic mass is 16.8. The Balaban J connectivity index is 2.16. The van der Waals surface area contributed by atoms with Crippen LogP contribution in [0.3, 0.4) is 0 Å². The molecule has 2 heterocycles. The van der Waals surface area contributed by atoms with Crippen molar-refractivity contribution in [3.8, 4) is 17.2 Å². The van der Waals surface area contributed by atoms with Gasteiger partial charge in [-0.25, -0.2) is 0 Å². The molecule has 2 atom stereocenters. The molecule has 1 aromatic rings. The summed E-state index contributed by atoms with van der Waals surface area (Å²) in [5, 5.41) is 21.2. The Morgan fingerprint density at radius 3 is 2.95 bits per heavy atom. The number of hydrogen-bond acceptors (Lipinski definition) is 7. The third-order valence-electron chi connectivity index (χ3n) is 4.52. The molecule has 22 heavy (non-hydrogen) atoms. The van der Waals surface area contributed by atoms with Crippen LogP contribution in [0.1, 0.15) is 30.5 Å². The fourth-order valence-electron chi connectivity index (χ4n) is 3.45. The van der Waals surface area contributed by atoms with Crippen molar-refractivity contribution in [3.05, 3.63) is 22.4 Å². The van der Waals surface area contributed by atoms with Crippen LogP contribution < -0.4 is 14.2 Å². The number of hydroxylamine groups is 2. The van der Waals surface area contributed by atoms with Gasteiger partial charge in [-0.2, -0.15) is 0 Å². The summed E-state index contributed by atoms with van der Waals surface area (Å²) in [5.41, 5.74) is 1.98. The van der Waals surface area contributed by atoms with Crippen LogP contribution in [0.2, 0.25) is 0 Å². The van der Waals surface area contributed by atoms with Gasteiger partial charge in [0.25, 0.3) is 0 Å². The Morgan fingerprint density at radius 2 is 2.32 bits per heavy atom. The Bertz CT molecular complexity index is 563. The smallest absolute Gasteiger partial charge is 0.231 e. The van der Waals surface area contributed by atoms with Crippen LogP contribution in [0.4, 0.5) is 0 Å². The molecule has 3 rings (SSSR count). The number of benzene rings is 1. The fourth-order valence-corrected chi connectivity index (χ4v) is 3.45. The van der Waals surface area contributed by atoms with Crippen LogP contribution >= 0.6 is 0 Å². The van der Waals surface area contributed by atoms with Gasteiger partial charge in [0.2, 0.25) is 12.5 Å². The normalized spacial score (nSPS) is 21.8. The lowest BCUT2D eigenvalue weighted by atomic mass is 9.86. The van der Waals surface area contributed by atoms with Gasteiger partial charge in [0.05, 0.1) is 13.2 Å². The lowest BCUT2D eigenvalue weighted by molar-refractivity contribution is -0.105. The summed E-state index contributed by atoms with van der Waals surface area (Å²) in [5.74, 6) is 1.85. The number of likely N-dealkylation sites (N-methyl/N-ethyl adjacent to an activating group) is 1. The van der Waals surface area contributed by atoms with Crippen molar-refractivity contribution < 1.29 is 19.4 Å². The van der Waals surface area contributed by atoms with E-state index in [-0.39, 0.29) is 18.1 Å². The van der Waals surface area contributed by atoms with Crippen molar-refractivity contribution in [2.24, 2.45) is 0 Å². The van der Waals surface area contributed by atoms with Crippen molar-refractivity contribution in [2.45, 2.75) is 31.8 Å². The molecule has 1 aromatic carbocycles. The molecule has 0 saturated carbocycles. The first-order valence-electron chi connectivity index (χ1n) is 7.43. The molecule has 122 valence electrons. The summed E-state index contributed by atoms with van der Waals surface area (Å²) in [4.78, 5) is 2.07. The van der Waals surface area contributed by atoms with Gasteiger partial charge in [-0.3, -0.25) is 10.1 Å². The van der Waals surface area contributed by atoms with Crippen molar-refractivity contribution in [2.75, 3.05) is 27.5 Å². The lowest BCUT2D eigenvalue weighted by Gasteiger charge is -2.44. The fraction of sp³-hybridized carbons (Fsp3) is 0.600. The van der Waals surface area contributed by atoms with E-state index in [1.165, 1.54) is 0 Å². The first-order valence-corrected chi connectivity index (χ1v) is 7.43. The molecule has 0 aromatic heterocycles. The van der Waals surface area contributed by atoms with Crippen molar-refractivity contribution in [3.63, 3.8) is 0 Å². The van der Waals surface area contributed by atoms with E-state index < -0.39 is 6.04 Å². The van der Waals surface area contributed by atoms with E-state index in [2.05, 4.69) is 4.90 Å². The first-order chi connectivity index (χ1) is 10.6. The zero-order valence-electron chi connectivity index (χ0n) is 13.0. The Labute approximate surface area is 129 Å². The van der Waals surface area contributed by atoms with Gasteiger partial charge in [0.1, 0.15) is 0 Å². The predicted molar refractivity (Wildman–Crippen MR) is 79.3 cm³/mol. The number of fused-ring (bicyclic) bond motifs is 2. The highest BCUT2D eigenvalue weighted by Crippen LogP contribution is 2.50. The molecule has 0 aliphatic carbocycles. The Morgan fingerprint density at radius 1 is 1.55 bits per heavy atom.